The van der Waals surface area contributed by atoms with Gasteiger partial charge in [0.05, 0.1) is 15.9 Å². The molecule has 0 saturated carbocycles. The van der Waals surface area contributed by atoms with E-state index in [2.05, 4.69) is 5.32 Å². The van der Waals surface area contributed by atoms with E-state index in [0.29, 0.717) is 26.3 Å². The summed E-state index contributed by atoms with van der Waals surface area (Å²) in [5.41, 5.74) is 0.528. The van der Waals surface area contributed by atoms with Gasteiger partial charge in [0.1, 0.15) is 15.8 Å². The van der Waals surface area contributed by atoms with Gasteiger partial charge in [0.2, 0.25) is 0 Å². The number of rotatable bonds is 3. The molecule has 0 unspecified atom stereocenters. The first-order valence-electron chi connectivity index (χ1n) is 6.30. The monoisotopic (exact) mass is 364 g/mol. The molecule has 23 heavy (non-hydrogen) atoms. The molecule has 0 bridgehead atoms. The SMILES string of the molecule is O=C1NC(=S)S/C1=C/c1ccc(-c2ccc(C(=O)[O-])c(Cl)c2)o1. The molecule has 1 aliphatic heterocycles. The van der Waals surface area contributed by atoms with Crippen molar-refractivity contribution in [3.8, 4) is 11.3 Å². The summed E-state index contributed by atoms with van der Waals surface area (Å²) in [6.45, 7) is 0. The first-order valence-corrected chi connectivity index (χ1v) is 7.90. The molecule has 1 aromatic carbocycles. The second-order valence-corrected chi connectivity index (χ2v) is 6.66. The minimum atomic E-state index is -1.34. The number of thiocarbonyl (C=S) groups is 1. The smallest absolute Gasteiger partial charge is 0.263 e. The number of aromatic carboxylic acids is 1. The molecule has 0 atom stereocenters. The predicted octanol–water partition coefficient (Wildman–Crippen LogP) is 2.45. The van der Waals surface area contributed by atoms with Crippen LogP contribution in [-0.4, -0.2) is 16.2 Å². The largest absolute Gasteiger partial charge is 0.545 e. The molecule has 8 heteroatoms. The zero-order valence-electron chi connectivity index (χ0n) is 11.3. The highest BCUT2D eigenvalue weighted by atomic mass is 35.5. The molecule has 1 fully saturated rings. The van der Waals surface area contributed by atoms with Gasteiger partial charge in [0, 0.05) is 17.2 Å². The molecule has 1 N–H and O–H groups in total. The van der Waals surface area contributed by atoms with Gasteiger partial charge in [0.15, 0.2) is 0 Å². The molecule has 0 spiro atoms. The standard InChI is InChI=1S/C15H8ClNO4S2/c16-10-5-7(1-3-9(10)14(19)20)11-4-2-8(21-11)6-12-13(18)17-15(22)23-12/h1-6H,(H,19,20)(H,17,18,22)/p-1/b12-6+. The number of furan rings is 1. The van der Waals surface area contributed by atoms with Crippen LogP contribution in [0.4, 0.5) is 0 Å². The van der Waals surface area contributed by atoms with Gasteiger partial charge in [-0.25, -0.2) is 0 Å². The molecule has 1 saturated heterocycles. The molecule has 1 aliphatic rings. The van der Waals surface area contributed by atoms with Crippen LogP contribution in [0.1, 0.15) is 16.1 Å². The maximum atomic E-state index is 11.6. The van der Waals surface area contributed by atoms with Gasteiger partial charge in [0.25, 0.3) is 5.91 Å². The Labute approximate surface area is 145 Å². The fourth-order valence-corrected chi connectivity index (χ4v) is 3.25. The Morgan fingerprint density at radius 3 is 2.74 bits per heavy atom. The number of thioether (sulfide) groups is 1. The summed E-state index contributed by atoms with van der Waals surface area (Å²) in [6, 6.07) is 7.80. The van der Waals surface area contributed by atoms with E-state index in [1.807, 2.05) is 0 Å². The van der Waals surface area contributed by atoms with Gasteiger partial charge >= 0.3 is 0 Å². The van der Waals surface area contributed by atoms with Crippen molar-refractivity contribution in [3.05, 3.63) is 51.6 Å². The summed E-state index contributed by atoms with van der Waals surface area (Å²) in [7, 11) is 0. The normalized spacial score (nSPS) is 16.0. The van der Waals surface area contributed by atoms with Gasteiger partial charge in [-0.05, 0) is 18.2 Å². The van der Waals surface area contributed by atoms with Crippen molar-refractivity contribution in [2.24, 2.45) is 0 Å². The van der Waals surface area contributed by atoms with E-state index in [0.717, 1.165) is 11.8 Å². The number of carbonyl (C=O) groups excluding carboxylic acids is 2. The lowest BCUT2D eigenvalue weighted by atomic mass is 10.1. The fourth-order valence-electron chi connectivity index (χ4n) is 1.97. The topological polar surface area (TPSA) is 82.4 Å². The van der Waals surface area contributed by atoms with Crippen molar-refractivity contribution in [2.45, 2.75) is 0 Å². The van der Waals surface area contributed by atoms with E-state index in [1.54, 1.807) is 24.3 Å². The van der Waals surface area contributed by atoms with Crippen molar-refractivity contribution >= 4 is 57.9 Å². The van der Waals surface area contributed by atoms with E-state index in [1.165, 1.54) is 12.1 Å². The Hall–Kier alpha value is -2.09. The van der Waals surface area contributed by atoms with Crippen LogP contribution in [-0.2, 0) is 4.79 Å². The Bertz CT molecular complexity index is 872. The highest BCUT2D eigenvalue weighted by molar-refractivity contribution is 8.26. The zero-order valence-corrected chi connectivity index (χ0v) is 13.7. The van der Waals surface area contributed by atoms with Crippen molar-refractivity contribution in [1.82, 2.24) is 5.32 Å². The van der Waals surface area contributed by atoms with Crippen molar-refractivity contribution < 1.29 is 19.1 Å². The van der Waals surface area contributed by atoms with Gasteiger partial charge in [-0.15, -0.1) is 0 Å². The summed E-state index contributed by atoms with van der Waals surface area (Å²) < 4.78 is 6.04. The molecule has 5 nitrogen and oxygen atoms in total. The van der Waals surface area contributed by atoms with Crippen molar-refractivity contribution in [2.75, 3.05) is 0 Å². The summed E-state index contributed by atoms with van der Waals surface area (Å²) in [4.78, 5) is 22.9. The number of nitrogens with one attached hydrogen (secondary N) is 1. The maximum absolute atomic E-state index is 11.6. The fraction of sp³-hybridized carbons (Fsp3) is 0. The second-order valence-electron chi connectivity index (χ2n) is 4.54. The van der Waals surface area contributed by atoms with Gasteiger partial charge in [-0.1, -0.05) is 47.7 Å². The van der Waals surface area contributed by atoms with Gasteiger partial charge < -0.3 is 19.6 Å². The first-order chi connectivity index (χ1) is 10.9. The maximum Gasteiger partial charge on any atom is 0.263 e. The minimum Gasteiger partial charge on any atom is -0.545 e. The van der Waals surface area contributed by atoms with Crippen LogP contribution in [0.3, 0.4) is 0 Å². The van der Waals surface area contributed by atoms with Crippen LogP contribution in [0.15, 0.2) is 39.7 Å². The van der Waals surface area contributed by atoms with Crippen LogP contribution in [0.5, 0.6) is 0 Å². The molecule has 0 aliphatic carbocycles. The molecule has 1 amide bonds. The summed E-state index contributed by atoms with van der Waals surface area (Å²) >= 11 is 12.0. The molecule has 2 heterocycles. The molecule has 1 aromatic heterocycles. The van der Waals surface area contributed by atoms with Crippen molar-refractivity contribution in [1.29, 1.82) is 0 Å². The van der Waals surface area contributed by atoms with Crippen LogP contribution in [0.2, 0.25) is 5.02 Å². The number of halogens is 1. The molecule has 2 aromatic rings. The molecular formula is C15H7ClNO4S2-. The average molecular weight is 365 g/mol. The Morgan fingerprint density at radius 2 is 2.13 bits per heavy atom. The number of amides is 1. The Balaban J connectivity index is 1.89. The number of carboxylic acid groups (broad SMARTS) is 1. The highest BCUT2D eigenvalue weighted by Gasteiger charge is 2.22. The Kier molecular flexibility index (Phi) is 4.25. The number of benzene rings is 1. The van der Waals surface area contributed by atoms with Gasteiger partial charge in [-0.2, -0.15) is 0 Å². The lowest BCUT2D eigenvalue weighted by molar-refractivity contribution is -0.255. The lowest BCUT2D eigenvalue weighted by Crippen LogP contribution is -2.22. The number of carbonyl (C=O) groups is 2. The zero-order chi connectivity index (χ0) is 16.6. The third-order valence-corrected chi connectivity index (χ3v) is 4.49. The van der Waals surface area contributed by atoms with Crippen molar-refractivity contribution in [3.63, 3.8) is 0 Å². The van der Waals surface area contributed by atoms with Crippen LogP contribution in [0, 0.1) is 0 Å². The average Bonchev–Trinajstić information content (AvgIpc) is 3.06. The first kappa shape index (κ1) is 15.8. The summed E-state index contributed by atoms with van der Waals surface area (Å²) in [5, 5.41) is 13.4. The quantitative estimate of drug-likeness (QED) is 0.665. The number of hydrogen-bond donors (Lipinski definition) is 1. The number of carboxylic acids is 1. The van der Waals surface area contributed by atoms with Gasteiger partial charge in [-0.3, -0.25) is 4.79 Å². The van der Waals surface area contributed by atoms with Crippen LogP contribution < -0.4 is 10.4 Å². The lowest BCUT2D eigenvalue weighted by Gasteiger charge is -2.06. The van der Waals surface area contributed by atoms with E-state index < -0.39 is 5.97 Å². The van der Waals surface area contributed by atoms with E-state index in [-0.39, 0.29) is 16.5 Å². The minimum absolute atomic E-state index is 0.0647. The van der Waals surface area contributed by atoms with E-state index >= 15 is 0 Å². The molecule has 0 radical (unpaired) electrons. The second kappa shape index (κ2) is 6.19. The summed E-state index contributed by atoms with van der Waals surface area (Å²) in [5.74, 6) is -0.636. The predicted molar refractivity (Wildman–Crippen MR) is 89.8 cm³/mol. The summed E-state index contributed by atoms with van der Waals surface area (Å²) in [6.07, 6.45) is 1.58. The molecular weight excluding hydrogens is 358 g/mol. The third-order valence-electron chi connectivity index (χ3n) is 3.02. The Morgan fingerprint density at radius 1 is 1.35 bits per heavy atom. The van der Waals surface area contributed by atoms with E-state index in [4.69, 9.17) is 28.2 Å². The molecule has 3 rings (SSSR count). The highest BCUT2D eigenvalue weighted by Crippen LogP contribution is 2.30. The van der Waals surface area contributed by atoms with Crippen LogP contribution in [0.25, 0.3) is 17.4 Å². The van der Waals surface area contributed by atoms with E-state index in [9.17, 15) is 14.7 Å². The van der Waals surface area contributed by atoms with Crippen LogP contribution >= 0.6 is 35.6 Å². The molecule has 116 valence electrons. The number of hydrogen-bond acceptors (Lipinski definition) is 6. The third kappa shape index (κ3) is 3.31.